The first-order chi connectivity index (χ1) is 15.0. The molecule has 3 fully saturated rings. The van der Waals surface area contributed by atoms with Crippen LogP contribution in [0.3, 0.4) is 0 Å². The van der Waals surface area contributed by atoms with Crippen molar-refractivity contribution < 1.29 is 14.3 Å². The average Bonchev–Trinajstić information content (AvgIpc) is 2.77. The van der Waals surface area contributed by atoms with E-state index < -0.39 is 0 Å². The molecule has 2 heterocycles. The molecule has 1 unspecified atom stereocenters. The maximum absolute atomic E-state index is 12.6. The van der Waals surface area contributed by atoms with Crippen molar-refractivity contribution in [3.63, 3.8) is 0 Å². The fourth-order valence-corrected chi connectivity index (χ4v) is 5.19. The molecule has 1 saturated carbocycles. The van der Waals surface area contributed by atoms with Crippen molar-refractivity contribution in [2.24, 2.45) is 11.8 Å². The van der Waals surface area contributed by atoms with E-state index in [-0.39, 0.29) is 12.0 Å². The molecule has 2 amide bonds. The maximum Gasteiger partial charge on any atom is 0.234 e. The summed E-state index contributed by atoms with van der Waals surface area (Å²) in [5.41, 5.74) is 0. The van der Waals surface area contributed by atoms with Gasteiger partial charge in [-0.3, -0.25) is 19.4 Å². The Morgan fingerprint density at radius 2 is 1.74 bits per heavy atom. The number of hydrogen-bond acceptors (Lipinski definition) is 5. The standard InChI is InChI=1S/C24H44N4O3/c1-20(2)17-27-14-15-31-22(18-27)16-25-23(29)19-26-10-12-28(13-11-26)24(30)9-8-21-6-4-3-5-7-21/h20-22H,3-19H2,1-2H3,(H,25,29). The molecule has 0 aromatic heterocycles. The number of rotatable bonds is 9. The largest absolute Gasteiger partial charge is 0.374 e. The highest BCUT2D eigenvalue weighted by Gasteiger charge is 2.25. The van der Waals surface area contributed by atoms with Crippen LogP contribution in [0.15, 0.2) is 0 Å². The molecule has 3 aliphatic rings. The zero-order valence-electron chi connectivity index (χ0n) is 19.8. The van der Waals surface area contributed by atoms with Crippen molar-refractivity contribution in [3.8, 4) is 0 Å². The minimum absolute atomic E-state index is 0.0571. The van der Waals surface area contributed by atoms with Gasteiger partial charge in [-0.2, -0.15) is 0 Å². The van der Waals surface area contributed by atoms with Crippen LogP contribution >= 0.6 is 0 Å². The Hall–Kier alpha value is -1.18. The van der Waals surface area contributed by atoms with Gasteiger partial charge in [0.15, 0.2) is 0 Å². The van der Waals surface area contributed by atoms with E-state index in [0.29, 0.717) is 31.3 Å². The fourth-order valence-electron chi connectivity index (χ4n) is 5.19. The Morgan fingerprint density at radius 1 is 1.00 bits per heavy atom. The normalized spacial score (nSPS) is 24.5. The average molecular weight is 437 g/mol. The Morgan fingerprint density at radius 3 is 2.45 bits per heavy atom. The van der Waals surface area contributed by atoms with Crippen molar-refractivity contribution in [2.75, 3.05) is 65.5 Å². The van der Waals surface area contributed by atoms with E-state index in [9.17, 15) is 9.59 Å². The third-order valence-electron chi connectivity index (χ3n) is 6.96. The van der Waals surface area contributed by atoms with Gasteiger partial charge in [0.25, 0.3) is 0 Å². The van der Waals surface area contributed by atoms with E-state index in [0.717, 1.165) is 64.8 Å². The third-order valence-corrected chi connectivity index (χ3v) is 6.96. The first-order valence-corrected chi connectivity index (χ1v) is 12.6. The summed E-state index contributed by atoms with van der Waals surface area (Å²) >= 11 is 0. The molecule has 1 aliphatic carbocycles. The molecule has 0 bridgehead atoms. The second-order valence-electron chi connectivity index (χ2n) is 10.1. The second-order valence-corrected chi connectivity index (χ2v) is 10.1. The molecule has 1 N–H and O–H groups in total. The molecular formula is C24H44N4O3. The van der Waals surface area contributed by atoms with E-state index in [1.807, 2.05) is 4.90 Å². The molecule has 7 nitrogen and oxygen atoms in total. The molecule has 7 heteroatoms. The fraction of sp³-hybridized carbons (Fsp3) is 0.917. The summed E-state index contributed by atoms with van der Waals surface area (Å²) in [5, 5.41) is 3.05. The Bertz CT molecular complexity index is 557. The minimum atomic E-state index is 0.0571. The topological polar surface area (TPSA) is 65.1 Å². The van der Waals surface area contributed by atoms with Crippen LogP contribution in [0.5, 0.6) is 0 Å². The zero-order valence-corrected chi connectivity index (χ0v) is 19.8. The van der Waals surface area contributed by atoms with E-state index >= 15 is 0 Å². The van der Waals surface area contributed by atoms with E-state index in [1.165, 1.54) is 32.1 Å². The van der Waals surface area contributed by atoms with Gasteiger partial charge in [-0.25, -0.2) is 0 Å². The highest BCUT2D eigenvalue weighted by molar-refractivity contribution is 5.78. The van der Waals surface area contributed by atoms with Crippen molar-refractivity contribution in [1.29, 1.82) is 0 Å². The lowest BCUT2D eigenvalue weighted by Gasteiger charge is -2.35. The lowest BCUT2D eigenvalue weighted by atomic mass is 9.86. The third kappa shape index (κ3) is 8.70. The molecule has 3 rings (SSSR count). The lowest BCUT2D eigenvalue weighted by Crippen LogP contribution is -2.52. The number of carbonyl (C=O) groups is 2. The number of carbonyl (C=O) groups excluding carboxylic acids is 2. The van der Waals surface area contributed by atoms with Crippen LogP contribution in [0, 0.1) is 11.8 Å². The molecule has 0 aromatic carbocycles. The first-order valence-electron chi connectivity index (χ1n) is 12.6. The number of hydrogen-bond donors (Lipinski definition) is 1. The number of piperazine rings is 1. The Balaban J connectivity index is 1.27. The molecule has 2 aliphatic heterocycles. The van der Waals surface area contributed by atoms with E-state index in [2.05, 4.69) is 29.0 Å². The molecule has 0 radical (unpaired) electrons. The van der Waals surface area contributed by atoms with Crippen molar-refractivity contribution >= 4 is 11.8 Å². The highest BCUT2D eigenvalue weighted by atomic mass is 16.5. The van der Waals surface area contributed by atoms with Gasteiger partial charge in [-0.05, 0) is 18.3 Å². The molecule has 31 heavy (non-hydrogen) atoms. The van der Waals surface area contributed by atoms with Gasteiger partial charge < -0.3 is 15.0 Å². The highest BCUT2D eigenvalue weighted by Crippen LogP contribution is 2.27. The quantitative estimate of drug-likeness (QED) is 0.599. The summed E-state index contributed by atoms with van der Waals surface area (Å²) < 4.78 is 5.82. The van der Waals surface area contributed by atoms with Crippen molar-refractivity contribution in [3.05, 3.63) is 0 Å². The molecule has 2 saturated heterocycles. The second kappa shape index (κ2) is 12.8. The Labute approximate surface area is 188 Å². The molecule has 0 spiro atoms. The molecule has 178 valence electrons. The summed E-state index contributed by atoms with van der Waals surface area (Å²) in [6, 6.07) is 0. The van der Waals surface area contributed by atoms with Crippen molar-refractivity contribution in [2.45, 2.75) is 64.9 Å². The predicted molar refractivity (Wildman–Crippen MR) is 123 cm³/mol. The number of nitrogens with zero attached hydrogens (tertiary/aromatic N) is 3. The summed E-state index contributed by atoms with van der Waals surface area (Å²) in [6.45, 7) is 12.2. The SMILES string of the molecule is CC(C)CN1CCOC(CNC(=O)CN2CCN(C(=O)CCC3CCCCC3)CC2)C1. The van der Waals surface area contributed by atoms with Crippen LogP contribution in [0.4, 0.5) is 0 Å². The van der Waals surface area contributed by atoms with Crippen LogP contribution in [0.1, 0.15) is 58.8 Å². The zero-order chi connectivity index (χ0) is 22.1. The molecular weight excluding hydrogens is 392 g/mol. The summed E-state index contributed by atoms with van der Waals surface area (Å²) in [5.74, 6) is 1.76. The molecule has 1 atom stereocenters. The summed E-state index contributed by atoms with van der Waals surface area (Å²) in [6.07, 6.45) is 8.47. The first kappa shape index (κ1) is 24.5. The van der Waals surface area contributed by atoms with Crippen LogP contribution < -0.4 is 5.32 Å². The van der Waals surface area contributed by atoms with E-state index in [1.54, 1.807) is 0 Å². The number of amides is 2. The number of morpholine rings is 1. The van der Waals surface area contributed by atoms with Gasteiger partial charge in [-0.15, -0.1) is 0 Å². The Kier molecular flexibility index (Phi) is 10.1. The van der Waals surface area contributed by atoms with Crippen LogP contribution in [0.2, 0.25) is 0 Å². The van der Waals surface area contributed by atoms with Crippen molar-refractivity contribution in [1.82, 2.24) is 20.0 Å². The molecule has 0 aromatic rings. The van der Waals surface area contributed by atoms with Crippen LogP contribution in [-0.2, 0) is 14.3 Å². The van der Waals surface area contributed by atoms with Gasteiger partial charge in [0.2, 0.25) is 11.8 Å². The number of nitrogens with one attached hydrogen (secondary N) is 1. The van der Waals surface area contributed by atoms with E-state index in [4.69, 9.17) is 4.74 Å². The van der Waals surface area contributed by atoms with Gasteiger partial charge in [0.1, 0.15) is 0 Å². The maximum atomic E-state index is 12.6. The predicted octanol–water partition coefficient (Wildman–Crippen LogP) is 1.96. The van der Waals surface area contributed by atoms with Gasteiger partial charge in [0.05, 0.1) is 19.3 Å². The summed E-state index contributed by atoms with van der Waals surface area (Å²) in [7, 11) is 0. The van der Waals surface area contributed by atoms with Crippen LogP contribution in [0.25, 0.3) is 0 Å². The van der Waals surface area contributed by atoms with Gasteiger partial charge in [-0.1, -0.05) is 46.0 Å². The van der Waals surface area contributed by atoms with Crippen LogP contribution in [-0.4, -0.2) is 98.1 Å². The lowest BCUT2D eigenvalue weighted by molar-refractivity contribution is -0.133. The monoisotopic (exact) mass is 436 g/mol. The number of ether oxygens (including phenoxy) is 1. The summed E-state index contributed by atoms with van der Waals surface area (Å²) in [4.78, 5) is 31.5. The minimum Gasteiger partial charge on any atom is -0.374 e. The smallest absolute Gasteiger partial charge is 0.234 e. The van der Waals surface area contributed by atoms with Gasteiger partial charge in [0, 0.05) is 58.8 Å². The van der Waals surface area contributed by atoms with Gasteiger partial charge >= 0.3 is 0 Å².